The number of nitrogens with zero attached hydrogens (tertiary/aromatic N) is 1. The lowest BCUT2D eigenvalue weighted by Crippen LogP contribution is -2.60. The molecule has 0 aromatic rings. The zero-order valence-corrected chi connectivity index (χ0v) is 18.4. The van der Waals surface area contributed by atoms with Crippen LogP contribution in [0.5, 0.6) is 0 Å². The molecule has 4 fully saturated rings. The first-order valence-corrected chi connectivity index (χ1v) is 11.7. The van der Waals surface area contributed by atoms with Gasteiger partial charge in [0.25, 0.3) is 0 Å². The molecule has 1 N–H and O–H groups in total. The first-order valence-electron chi connectivity index (χ1n) is 11.7. The molecule has 7 atom stereocenters. The number of hydrogen-bond donors (Lipinski definition) is 1. The number of aliphatic hydroxyl groups excluding tert-OH is 1. The normalized spacial score (nSPS) is 48.7. The van der Waals surface area contributed by atoms with Crippen LogP contribution in [0.1, 0.15) is 66.2 Å². The van der Waals surface area contributed by atoms with E-state index >= 15 is 0 Å². The smallest absolute Gasteiger partial charge is 0.226 e. The number of piperidine rings is 1. The number of carbonyl (C=O) groups is 1. The SMILES string of the molecule is CCN1C(=O)CCC2(C)C1=CCC1C2C(O)CC2(C)C1CCC2C1(C)OCCO1. The third kappa shape index (κ3) is 2.59. The van der Waals surface area contributed by atoms with Gasteiger partial charge >= 0.3 is 0 Å². The van der Waals surface area contributed by atoms with Crippen LogP contribution in [0.25, 0.3) is 0 Å². The van der Waals surface area contributed by atoms with Crippen molar-refractivity contribution in [3.8, 4) is 0 Å². The van der Waals surface area contributed by atoms with Gasteiger partial charge in [0.05, 0.1) is 19.3 Å². The molecule has 2 heterocycles. The molecule has 0 bridgehead atoms. The molecule has 5 nitrogen and oxygen atoms in total. The Bertz CT molecular complexity index is 728. The number of allylic oxidation sites excluding steroid dienone is 2. The van der Waals surface area contributed by atoms with Crippen LogP contribution in [0.2, 0.25) is 0 Å². The summed E-state index contributed by atoms with van der Waals surface area (Å²) in [5.41, 5.74) is 1.12. The van der Waals surface area contributed by atoms with E-state index < -0.39 is 5.79 Å². The van der Waals surface area contributed by atoms with Gasteiger partial charge in [-0.3, -0.25) is 4.79 Å². The van der Waals surface area contributed by atoms with Crippen LogP contribution in [0.15, 0.2) is 11.8 Å². The maximum Gasteiger partial charge on any atom is 0.226 e. The lowest BCUT2D eigenvalue weighted by Gasteiger charge is -2.60. The molecule has 29 heavy (non-hydrogen) atoms. The second-order valence-corrected chi connectivity index (χ2v) is 10.8. The Balaban J connectivity index is 1.51. The Labute approximate surface area is 174 Å². The quantitative estimate of drug-likeness (QED) is 0.764. The van der Waals surface area contributed by atoms with Crippen molar-refractivity contribution in [1.29, 1.82) is 0 Å². The van der Waals surface area contributed by atoms with Gasteiger partial charge in [-0.05, 0) is 69.1 Å². The number of fused-ring (bicyclic) bond motifs is 5. The highest BCUT2D eigenvalue weighted by Gasteiger charge is 2.65. The zero-order valence-electron chi connectivity index (χ0n) is 18.4. The summed E-state index contributed by atoms with van der Waals surface area (Å²) in [6.45, 7) is 10.9. The van der Waals surface area contributed by atoms with Gasteiger partial charge in [0, 0.05) is 30.0 Å². The average Bonchev–Trinajstić information content (AvgIpc) is 3.25. The highest BCUT2D eigenvalue weighted by molar-refractivity contribution is 5.80. The molecule has 2 aliphatic heterocycles. The number of ether oxygens (including phenoxy) is 2. The van der Waals surface area contributed by atoms with Crippen LogP contribution in [0, 0.1) is 34.5 Å². The summed E-state index contributed by atoms with van der Waals surface area (Å²) in [5.74, 6) is 1.35. The lowest BCUT2D eigenvalue weighted by atomic mass is 9.47. The highest BCUT2D eigenvalue weighted by Crippen LogP contribution is 2.67. The summed E-state index contributed by atoms with van der Waals surface area (Å²) >= 11 is 0. The third-order valence-electron chi connectivity index (χ3n) is 9.62. The summed E-state index contributed by atoms with van der Waals surface area (Å²) in [6.07, 6.45) is 7.56. The van der Waals surface area contributed by atoms with Crippen LogP contribution >= 0.6 is 0 Å². The number of amides is 1. The topological polar surface area (TPSA) is 59.0 Å². The van der Waals surface area contributed by atoms with Gasteiger partial charge in [-0.15, -0.1) is 0 Å². The largest absolute Gasteiger partial charge is 0.393 e. The fourth-order valence-corrected chi connectivity index (χ4v) is 8.52. The van der Waals surface area contributed by atoms with E-state index in [-0.39, 0.29) is 28.8 Å². The minimum Gasteiger partial charge on any atom is -0.393 e. The molecular weight excluding hydrogens is 366 g/mol. The molecular formula is C24H37NO4. The van der Waals surface area contributed by atoms with Crippen molar-refractivity contribution >= 4 is 5.91 Å². The van der Waals surface area contributed by atoms with Gasteiger partial charge < -0.3 is 19.5 Å². The Morgan fingerprint density at radius 3 is 2.62 bits per heavy atom. The average molecular weight is 404 g/mol. The molecule has 2 saturated carbocycles. The van der Waals surface area contributed by atoms with E-state index in [1.807, 2.05) is 4.90 Å². The summed E-state index contributed by atoms with van der Waals surface area (Å²) in [7, 11) is 0. The van der Waals surface area contributed by atoms with Gasteiger partial charge in [-0.25, -0.2) is 0 Å². The van der Waals surface area contributed by atoms with E-state index in [0.717, 1.165) is 32.2 Å². The molecule has 162 valence electrons. The fourth-order valence-electron chi connectivity index (χ4n) is 8.52. The highest BCUT2D eigenvalue weighted by atomic mass is 16.7. The first kappa shape index (κ1) is 20.0. The number of hydrogen-bond acceptors (Lipinski definition) is 4. The second-order valence-electron chi connectivity index (χ2n) is 10.8. The Morgan fingerprint density at radius 2 is 1.93 bits per heavy atom. The maximum atomic E-state index is 12.5. The summed E-state index contributed by atoms with van der Waals surface area (Å²) in [4.78, 5) is 14.5. The van der Waals surface area contributed by atoms with Crippen molar-refractivity contribution in [2.24, 2.45) is 34.5 Å². The zero-order chi connectivity index (χ0) is 20.6. The summed E-state index contributed by atoms with van der Waals surface area (Å²) in [6, 6.07) is 0. The minimum absolute atomic E-state index is 0.0380. The predicted molar refractivity (Wildman–Crippen MR) is 110 cm³/mol. The molecule has 7 unspecified atom stereocenters. The molecule has 5 aliphatic rings. The van der Waals surface area contributed by atoms with Crippen molar-refractivity contribution < 1.29 is 19.4 Å². The molecule has 5 heteroatoms. The van der Waals surface area contributed by atoms with Gasteiger partial charge in [-0.2, -0.15) is 0 Å². The molecule has 3 aliphatic carbocycles. The van der Waals surface area contributed by atoms with Gasteiger partial charge in [-0.1, -0.05) is 19.9 Å². The van der Waals surface area contributed by atoms with E-state index in [1.165, 1.54) is 12.1 Å². The summed E-state index contributed by atoms with van der Waals surface area (Å²) < 4.78 is 12.2. The van der Waals surface area contributed by atoms with Crippen molar-refractivity contribution in [2.75, 3.05) is 19.8 Å². The van der Waals surface area contributed by atoms with Crippen molar-refractivity contribution in [1.82, 2.24) is 4.90 Å². The number of carbonyl (C=O) groups excluding carboxylic acids is 1. The van der Waals surface area contributed by atoms with Crippen molar-refractivity contribution in [3.63, 3.8) is 0 Å². The van der Waals surface area contributed by atoms with Crippen LogP contribution in [-0.4, -0.2) is 47.6 Å². The molecule has 0 radical (unpaired) electrons. The van der Waals surface area contributed by atoms with Crippen LogP contribution in [-0.2, 0) is 14.3 Å². The van der Waals surface area contributed by atoms with Crippen LogP contribution < -0.4 is 0 Å². The van der Waals surface area contributed by atoms with Gasteiger partial charge in [0.2, 0.25) is 5.91 Å². The van der Waals surface area contributed by atoms with Gasteiger partial charge in [0.15, 0.2) is 5.79 Å². The van der Waals surface area contributed by atoms with E-state index in [1.54, 1.807) is 0 Å². The second kappa shape index (κ2) is 6.54. The molecule has 2 saturated heterocycles. The van der Waals surface area contributed by atoms with Gasteiger partial charge in [0.1, 0.15) is 0 Å². The van der Waals surface area contributed by atoms with Crippen LogP contribution in [0.4, 0.5) is 0 Å². The first-order chi connectivity index (χ1) is 13.7. The number of aliphatic hydroxyl groups is 1. The molecule has 0 aromatic heterocycles. The fraction of sp³-hybridized carbons (Fsp3) is 0.875. The Morgan fingerprint density at radius 1 is 1.21 bits per heavy atom. The number of rotatable bonds is 2. The van der Waals surface area contributed by atoms with E-state index in [0.29, 0.717) is 37.4 Å². The predicted octanol–water partition coefficient (Wildman–Crippen LogP) is 3.72. The lowest BCUT2D eigenvalue weighted by molar-refractivity contribution is -0.224. The molecule has 0 aromatic carbocycles. The molecule has 5 rings (SSSR count). The van der Waals surface area contributed by atoms with Crippen molar-refractivity contribution in [3.05, 3.63) is 11.8 Å². The molecule has 1 amide bonds. The van der Waals surface area contributed by atoms with Crippen molar-refractivity contribution in [2.45, 2.75) is 78.1 Å². The third-order valence-corrected chi connectivity index (χ3v) is 9.62. The van der Waals surface area contributed by atoms with E-state index in [9.17, 15) is 9.90 Å². The number of likely N-dealkylation sites (tertiary alicyclic amines) is 1. The summed E-state index contributed by atoms with van der Waals surface area (Å²) in [5, 5.41) is 11.6. The Kier molecular flexibility index (Phi) is 4.52. The van der Waals surface area contributed by atoms with E-state index in [4.69, 9.17) is 9.47 Å². The standard InChI is InChI=1S/C24H37NO4/c1-5-25-19-9-6-15-16-7-8-18(24(4)28-12-13-29-24)23(16,3)14-17(26)21(15)22(19,2)11-10-20(25)27/h9,15-18,21,26H,5-8,10-14H2,1-4H3. The molecule has 0 spiro atoms. The monoisotopic (exact) mass is 403 g/mol. The minimum atomic E-state index is -0.508. The maximum absolute atomic E-state index is 12.5. The van der Waals surface area contributed by atoms with E-state index in [2.05, 4.69) is 33.8 Å². The van der Waals surface area contributed by atoms with Crippen LogP contribution in [0.3, 0.4) is 0 Å². The Hall–Kier alpha value is -0.910.